The zero-order valence-electron chi connectivity index (χ0n) is 15.0. The summed E-state index contributed by atoms with van der Waals surface area (Å²) in [5.74, 6) is -0.957. The summed E-state index contributed by atoms with van der Waals surface area (Å²) < 4.78 is 4.90. The highest BCUT2D eigenvalue weighted by Gasteiger charge is 2.18. The third-order valence-corrected chi connectivity index (χ3v) is 4.11. The number of carbonyl (C=O) groups excluding carboxylic acids is 2. The fourth-order valence-corrected chi connectivity index (χ4v) is 2.77. The van der Waals surface area contributed by atoms with Gasteiger partial charge in [0, 0.05) is 22.7 Å². The number of hydrogen-bond acceptors (Lipinski definition) is 5. The number of nitrogens with zero attached hydrogens (tertiary/aromatic N) is 1. The summed E-state index contributed by atoms with van der Waals surface area (Å²) in [6.07, 6.45) is 0. The van der Waals surface area contributed by atoms with E-state index in [1.165, 1.54) is 19.2 Å². The molecule has 28 heavy (non-hydrogen) atoms. The highest BCUT2D eigenvalue weighted by molar-refractivity contribution is 6.04. The molecule has 3 aromatic carbocycles. The first kappa shape index (κ1) is 18.8. The number of carbonyl (C=O) groups is 2. The Morgan fingerprint density at radius 1 is 1.07 bits per heavy atom. The first-order valence-corrected chi connectivity index (χ1v) is 8.38. The SMILES string of the molecule is COc1ccc(C(=O)NCC(=O)Nc2cccc3ccccc23)cc1[N+](=O)[O-]. The summed E-state index contributed by atoms with van der Waals surface area (Å²) in [7, 11) is 1.31. The average molecular weight is 379 g/mol. The van der Waals surface area contributed by atoms with E-state index in [-0.39, 0.29) is 23.5 Å². The van der Waals surface area contributed by atoms with Crippen molar-refractivity contribution in [2.24, 2.45) is 0 Å². The van der Waals surface area contributed by atoms with Gasteiger partial charge in [-0.1, -0.05) is 36.4 Å². The third-order valence-electron chi connectivity index (χ3n) is 4.11. The lowest BCUT2D eigenvalue weighted by atomic mass is 10.1. The summed E-state index contributed by atoms with van der Waals surface area (Å²) in [6.45, 7) is -0.276. The van der Waals surface area contributed by atoms with Crippen molar-refractivity contribution in [3.8, 4) is 5.75 Å². The molecule has 3 aromatic rings. The topological polar surface area (TPSA) is 111 Å². The molecule has 0 bridgehead atoms. The van der Waals surface area contributed by atoms with Gasteiger partial charge >= 0.3 is 5.69 Å². The van der Waals surface area contributed by atoms with Crippen molar-refractivity contribution in [1.82, 2.24) is 5.32 Å². The van der Waals surface area contributed by atoms with E-state index in [0.29, 0.717) is 5.69 Å². The molecule has 0 aliphatic carbocycles. The molecule has 0 fully saturated rings. The van der Waals surface area contributed by atoms with Crippen LogP contribution in [-0.2, 0) is 4.79 Å². The van der Waals surface area contributed by atoms with Crippen molar-refractivity contribution in [2.45, 2.75) is 0 Å². The summed E-state index contributed by atoms with van der Waals surface area (Å²) in [4.78, 5) is 34.9. The third kappa shape index (κ3) is 4.07. The number of nitrogens with one attached hydrogen (secondary N) is 2. The number of hydrogen-bond donors (Lipinski definition) is 2. The second-order valence-corrected chi connectivity index (χ2v) is 5.90. The molecule has 0 aliphatic rings. The van der Waals surface area contributed by atoms with Gasteiger partial charge < -0.3 is 15.4 Å². The predicted molar refractivity (Wildman–Crippen MR) is 105 cm³/mol. The number of nitro groups is 1. The van der Waals surface area contributed by atoms with Crippen LogP contribution in [0.4, 0.5) is 11.4 Å². The lowest BCUT2D eigenvalue weighted by Gasteiger charge is -2.10. The molecular weight excluding hydrogens is 362 g/mol. The van der Waals surface area contributed by atoms with Crippen molar-refractivity contribution in [3.05, 3.63) is 76.3 Å². The lowest BCUT2D eigenvalue weighted by molar-refractivity contribution is -0.385. The molecule has 0 atom stereocenters. The molecule has 8 nitrogen and oxygen atoms in total. The monoisotopic (exact) mass is 379 g/mol. The van der Waals surface area contributed by atoms with Gasteiger partial charge in [-0.3, -0.25) is 19.7 Å². The molecule has 0 unspecified atom stereocenters. The summed E-state index contributed by atoms with van der Waals surface area (Å²) in [6, 6.07) is 17.0. The molecule has 142 valence electrons. The minimum absolute atomic E-state index is 0.0512. The first-order valence-electron chi connectivity index (χ1n) is 8.38. The van der Waals surface area contributed by atoms with Crippen LogP contribution in [-0.4, -0.2) is 30.4 Å². The normalized spacial score (nSPS) is 10.3. The highest BCUT2D eigenvalue weighted by Crippen LogP contribution is 2.27. The van der Waals surface area contributed by atoms with E-state index in [0.717, 1.165) is 16.8 Å². The molecule has 0 spiro atoms. The Balaban J connectivity index is 1.67. The predicted octanol–water partition coefficient (Wildman–Crippen LogP) is 3.13. The zero-order valence-corrected chi connectivity index (χ0v) is 15.0. The molecular formula is C20H17N3O5. The number of methoxy groups -OCH3 is 1. The average Bonchev–Trinajstić information content (AvgIpc) is 2.71. The number of fused-ring (bicyclic) bond motifs is 1. The van der Waals surface area contributed by atoms with E-state index in [4.69, 9.17) is 4.74 Å². The molecule has 8 heteroatoms. The maximum Gasteiger partial charge on any atom is 0.311 e. The summed E-state index contributed by atoms with van der Waals surface area (Å²) in [5, 5.41) is 18.1. The minimum Gasteiger partial charge on any atom is -0.490 e. The van der Waals surface area contributed by atoms with Gasteiger partial charge in [0.05, 0.1) is 18.6 Å². The van der Waals surface area contributed by atoms with Gasteiger partial charge in [0.25, 0.3) is 5.91 Å². The van der Waals surface area contributed by atoms with Gasteiger partial charge in [-0.2, -0.15) is 0 Å². The van der Waals surface area contributed by atoms with Crippen LogP contribution in [0, 0.1) is 10.1 Å². The molecule has 0 saturated carbocycles. The lowest BCUT2D eigenvalue weighted by Crippen LogP contribution is -2.32. The molecule has 0 radical (unpaired) electrons. The molecule has 0 heterocycles. The van der Waals surface area contributed by atoms with Gasteiger partial charge in [-0.15, -0.1) is 0 Å². The number of anilines is 1. The van der Waals surface area contributed by atoms with Gasteiger partial charge in [-0.25, -0.2) is 0 Å². The van der Waals surface area contributed by atoms with Gasteiger partial charge in [0.15, 0.2) is 5.75 Å². The molecule has 0 aromatic heterocycles. The number of nitro benzene ring substituents is 1. The minimum atomic E-state index is -0.636. The van der Waals surface area contributed by atoms with Crippen molar-refractivity contribution in [2.75, 3.05) is 19.0 Å². The van der Waals surface area contributed by atoms with Crippen LogP contribution in [0.5, 0.6) is 5.75 Å². The molecule has 3 rings (SSSR count). The van der Waals surface area contributed by atoms with Crippen LogP contribution in [0.15, 0.2) is 60.7 Å². The van der Waals surface area contributed by atoms with E-state index in [1.54, 1.807) is 6.07 Å². The molecule has 2 N–H and O–H groups in total. The number of amides is 2. The molecule has 0 aliphatic heterocycles. The Morgan fingerprint density at radius 2 is 1.82 bits per heavy atom. The van der Waals surface area contributed by atoms with Crippen LogP contribution >= 0.6 is 0 Å². The number of rotatable bonds is 6. The second-order valence-electron chi connectivity index (χ2n) is 5.90. The van der Waals surface area contributed by atoms with Crippen molar-refractivity contribution in [1.29, 1.82) is 0 Å². The van der Waals surface area contributed by atoms with Crippen LogP contribution < -0.4 is 15.4 Å². The zero-order chi connectivity index (χ0) is 20.1. The highest BCUT2D eigenvalue weighted by atomic mass is 16.6. The van der Waals surface area contributed by atoms with E-state index in [9.17, 15) is 19.7 Å². The van der Waals surface area contributed by atoms with Gasteiger partial charge in [0.1, 0.15) is 0 Å². The van der Waals surface area contributed by atoms with E-state index >= 15 is 0 Å². The first-order chi connectivity index (χ1) is 13.5. The summed E-state index contributed by atoms with van der Waals surface area (Å²) in [5.41, 5.74) is 0.373. The largest absolute Gasteiger partial charge is 0.490 e. The van der Waals surface area contributed by atoms with Crippen LogP contribution in [0.2, 0.25) is 0 Å². The molecule has 0 saturated heterocycles. The number of benzene rings is 3. The standard InChI is InChI=1S/C20H17N3O5/c1-28-18-10-9-14(11-17(18)23(26)27)20(25)21-12-19(24)22-16-8-4-6-13-5-2-3-7-15(13)16/h2-11H,12H2,1H3,(H,21,25)(H,22,24). The van der Waals surface area contributed by atoms with Gasteiger partial charge in [-0.05, 0) is 23.6 Å². The Bertz CT molecular complexity index is 1060. The Labute approximate surface area is 160 Å². The van der Waals surface area contributed by atoms with Crippen molar-refractivity contribution < 1.29 is 19.2 Å². The second kappa shape index (κ2) is 8.17. The number of ether oxygens (including phenoxy) is 1. The van der Waals surface area contributed by atoms with Crippen molar-refractivity contribution in [3.63, 3.8) is 0 Å². The fraction of sp³-hybridized carbons (Fsp3) is 0.100. The Kier molecular flexibility index (Phi) is 5.50. The van der Waals surface area contributed by atoms with Crippen LogP contribution in [0.1, 0.15) is 10.4 Å². The molecule has 2 amide bonds. The van der Waals surface area contributed by atoms with E-state index in [2.05, 4.69) is 10.6 Å². The quantitative estimate of drug-likeness (QED) is 0.505. The Morgan fingerprint density at radius 3 is 2.57 bits per heavy atom. The summed E-state index contributed by atoms with van der Waals surface area (Å²) >= 11 is 0. The fourth-order valence-electron chi connectivity index (χ4n) is 2.77. The van der Waals surface area contributed by atoms with Gasteiger partial charge in [0.2, 0.25) is 5.91 Å². The van der Waals surface area contributed by atoms with E-state index in [1.807, 2.05) is 36.4 Å². The smallest absolute Gasteiger partial charge is 0.311 e. The van der Waals surface area contributed by atoms with E-state index < -0.39 is 16.7 Å². The van der Waals surface area contributed by atoms with Crippen LogP contribution in [0.3, 0.4) is 0 Å². The van der Waals surface area contributed by atoms with Crippen molar-refractivity contribution >= 4 is 34.0 Å². The Hall–Kier alpha value is -3.94. The maximum absolute atomic E-state index is 12.2. The van der Waals surface area contributed by atoms with Crippen LogP contribution in [0.25, 0.3) is 10.8 Å². The maximum atomic E-state index is 12.2.